The highest BCUT2D eigenvalue weighted by Gasteiger charge is 2.11. The van der Waals surface area contributed by atoms with Gasteiger partial charge in [-0.3, -0.25) is 14.8 Å². The first kappa shape index (κ1) is 19.1. The summed E-state index contributed by atoms with van der Waals surface area (Å²) in [4.78, 5) is 19.1. The molecule has 0 aliphatic carbocycles. The smallest absolute Gasteiger partial charge is 0.258 e. The number of aromatic nitrogens is 1. The lowest BCUT2D eigenvalue weighted by Gasteiger charge is -2.08. The van der Waals surface area contributed by atoms with Gasteiger partial charge in [0.1, 0.15) is 5.82 Å². The second-order valence-corrected chi connectivity index (χ2v) is 6.75. The number of rotatable bonds is 4. The quantitative estimate of drug-likeness (QED) is 0.482. The zero-order valence-corrected chi connectivity index (χ0v) is 15.8. The Hall–Kier alpha value is -4.24. The monoisotopic (exact) mass is 397 g/mol. The van der Waals surface area contributed by atoms with Gasteiger partial charge in [0.2, 0.25) is 5.88 Å². The first-order valence-electron chi connectivity index (χ1n) is 9.20. The number of hydrogen-bond donors (Lipinski definition) is 2. The number of H-pyrrole nitrogens is 1. The Labute approximate surface area is 171 Å². The van der Waals surface area contributed by atoms with E-state index in [2.05, 4.69) is 16.0 Å². The molecule has 0 amide bonds. The normalized spacial score (nSPS) is 11.1. The van der Waals surface area contributed by atoms with Crippen molar-refractivity contribution in [3.05, 3.63) is 94.0 Å². The largest absolute Gasteiger partial charge is 0.494 e. The van der Waals surface area contributed by atoms with Crippen molar-refractivity contribution in [3.63, 3.8) is 0 Å². The number of aliphatic imine (C=N–C) groups is 1. The van der Waals surface area contributed by atoms with E-state index < -0.39 is 5.56 Å². The van der Waals surface area contributed by atoms with E-state index in [1.165, 1.54) is 18.3 Å². The molecule has 0 unspecified atom stereocenters. The van der Waals surface area contributed by atoms with Crippen molar-refractivity contribution in [2.24, 2.45) is 4.99 Å². The molecule has 0 saturated carbocycles. The molecule has 146 valence electrons. The topological polar surface area (TPSA) is 89.2 Å². The third-order valence-corrected chi connectivity index (χ3v) is 4.76. The van der Waals surface area contributed by atoms with Crippen molar-refractivity contribution in [1.82, 2.24) is 4.98 Å². The van der Waals surface area contributed by atoms with Crippen molar-refractivity contribution in [2.45, 2.75) is 6.42 Å². The van der Waals surface area contributed by atoms with Crippen LogP contribution in [0.2, 0.25) is 0 Å². The van der Waals surface area contributed by atoms with Crippen LogP contribution in [0.3, 0.4) is 0 Å². The number of aromatic amines is 1. The lowest BCUT2D eigenvalue weighted by Crippen LogP contribution is -2.08. The molecule has 0 spiro atoms. The standard InChI is InChI=1S/C24H16FN3O2/c25-18-3-1-2-16(12-18)17-6-9-20-21(13-17)22(24(30)28-23(20)29)14-27-19-7-4-15(5-8-19)10-11-26/h1-9,12-14H,10H2,(H2,28,29,30). The highest BCUT2D eigenvalue weighted by atomic mass is 19.1. The minimum Gasteiger partial charge on any atom is -0.494 e. The maximum atomic E-state index is 13.6. The number of pyridine rings is 1. The van der Waals surface area contributed by atoms with Gasteiger partial charge in [0.15, 0.2) is 0 Å². The first-order valence-corrected chi connectivity index (χ1v) is 9.20. The molecular weight excluding hydrogens is 381 g/mol. The SMILES string of the molecule is N#CCc1ccc(N=Cc2c(O)[nH]c(=O)c3ccc(-c4cccc(F)c4)cc23)cc1. The van der Waals surface area contributed by atoms with Crippen LogP contribution < -0.4 is 5.56 Å². The Kier molecular flexibility index (Phi) is 5.10. The van der Waals surface area contributed by atoms with Crippen molar-refractivity contribution in [1.29, 1.82) is 5.26 Å². The van der Waals surface area contributed by atoms with E-state index in [0.717, 1.165) is 5.56 Å². The van der Waals surface area contributed by atoms with Crippen molar-refractivity contribution >= 4 is 22.7 Å². The van der Waals surface area contributed by atoms with Crippen LogP contribution in [0.4, 0.5) is 10.1 Å². The second-order valence-electron chi connectivity index (χ2n) is 6.75. The molecule has 6 heteroatoms. The Morgan fingerprint density at radius 3 is 2.53 bits per heavy atom. The van der Waals surface area contributed by atoms with Crippen LogP contribution in [0.25, 0.3) is 21.9 Å². The molecular formula is C24H16FN3O2. The number of fused-ring (bicyclic) bond motifs is 1. The number of nitrogens with zero attached hydrogens (tertiary/aromatic N) is 2. The number of halogens is 1. The van der Waals surface area contributed by atoms with Crippen molar-refractivity contribution < 1.29 is 9.50 Å². The third kappa shape index (κ3) is 3.82. The van der Waals surface area contributed by atoms with E-state index in [1.54, 1.807) is 42.5 Å². The lowest BCUT2D eigenvalue weighted by molar-refractivity contribution is 0.452. The molecule has 4 aromatic rings. The van der Waals surface area contributed by atoms with Gasteiger partial charge < -0.3 is 5.11 Å². The van der Waals surface area contributed by atoms with Crippen LogP contribution in [-0.4, -0.2) is 16.3 Å². The number of nitriles is 1. The zero-order valence-electron chi connectivity index (χ0n) is 15.8. The maximum Gasteiger partial charge on any atom is 0.258 e. The van der Waals surface area contributed by atoms with Crippen LogP contribution in [0.15, 0.2) is 76.5 Å². The van der Waals surface area contributed by atoms with E-state index in [9.17, 15) is 14.3 Å². The van der Waals surface area contributed by atoms with E-state index in [0.29, 0.717) is 39.6 Å². The molecule has 2 N–H and O–H groups in total. The summed E-state index contributed by atoms with van der Waals surface area (Å²) in [6, 6.07) is 20.5. The van der Waals surface area contributed by atoms with Crippen LogP contribution in [0, 0.1) is 17.1 Å². The van der Waals surface area contributed by atoms with Crippen LogP contribution in [0.5, 0.6) is 5.88 Å². The van der Waals surface area contributed by atoms with Crippen molar-refractivity contribution in [3.8, 4) is 23.1 Å². The highest BCUT2D eigenvalue weighted by Crippen LogP contribution is 2.28. The fraction of sp³-hybridized carbons (Fsp3) is 0.0417. The molecule has 1 heterocycles. The summed E-state index contributed by atoms with van der Waals surface area (Å²) in [5.41, 5.74) is 2.82. The molecule has 5 nitrogen and oxygen atoms in total. The number of benzene rings is 3. The molecule has 0 atom stereocenters. The van der Waals surface area contributed by atoms with Gasteiger partial charge in [0.05, 0.1) is 23.7 Å². The van der Waals surface area contributed by atoms with Gasteiger partial charge in [0, 0.05) is 17.0 Å². The molecule has 0 aliphatic heterocycles. The molecule has 0 bridgehead atoms. The first-order chi connectivity index (χ1) is 14.5. The molecule has 4 rings (SSSR count). The summed E-state index contributed by atoms with van der Waals surface area (Å²) in [7, 11) is 0. The molecule has 0 fully saturated rings. The predicted molar refractivity (Wildman–Crippen MR) is 115 cm³/mol. The van der Waals surface area contributed by atoms with Crippen LogP contribution in [-0.2, 0) is 6.42 Å². The van der Waals surface area contributed by atoms with Crippen molar-refractivity contribution in [2.75, 3.05) is 0 Å². The highest BCUT2D eigenvalue weighted by molar-refractivity contribution is 6.03. The summed E-state index contributed by atoms with van der Waals surface area (Å²) in [5.74, 6) is -0.656. The molecule has 30 heavy (non-hydrogen) atoms. The molecule has 0 aliphatic rings. The third-order valence-electron chi connectivity index (χ3n) is 4.76. The van der Waals surface area contributed by atoms with E-state index >= 15 is 0 Å². The predicted octanol–water partition coefficient (Wildman–Crippen LogP) is 4.86. The summed E-state index contributed by atoms with van der Waals surface area (Å²) in [6.45, 7) is 0. The second kappa shape index (κ2) is 8.02. The number of hydrogen-bond acceptors (Lipinski definition) is 4. The van der Waals surface area contributed by atoms with E-state index in [1.807, 2.05) is 12.1 Å². The summed E-state index contributed by atoms with van der Waals surface area (Å²) in [6.07, 6.45) is 1.79. The average molecular weight is 397 g/mol. The number of nitrogens with one attached hydrogen (secondary N) is 1. The zero-order chi connectivity index (χ0) is 21.1. The van der Waals surface area contributed by atoms with Gasteiger partial charge in [-0.25, -0.2) is 4.39 Å². The lowest BCUT2D eigenvalue weighted by atomic mass is 9.99. The summed E-state index contributed by atoms with van der Waals surface area (Å²) in [5, 5.41) is 20.0. The summed E-state index contributed by atoms with van der Waals surface area (Å²) < 4.78 is 13.6. The Morgan fingerprint density at radius 2 is 1.80 bits per heavy atom. The minimum absolute atomic E-state index is 0.297. The Balaban J connectivity index is 1.81. The fourth-order valence-corrected chi connectivity index (χ4v) is 3.24. The van der Waals surface area contributed by atoms with Gasteiger partial charge >= 0.3 is 0 Å². The van der Waals surface area contributed by atoms with Crippen LogP contribution in [0.1, 0.15) is 11.1 Å². The average Bonchev–Trinajstić information content (AvgIpc) is 2.74. The van der Waals surface area contributed by atoms with Crippen LogP contribution >= 0.6 is 0 Å². The fourth-order valence-electron chi connectivity index (χ4n) is 3.24. The Bertz CT molecular complexity index is 1370. The summed E-state index contributed by atoms with van der Waals surface area (Å²) >= 11 is 0. The van der Waals surface area contributed by atoms with E-state index in [4.69, 9.17) is 5.26 Å². The minimum atomic E-state index is -0.425. The maximum absolute atomic E-state index is 13.6. The number of aromatic hydroxyl groups is 1. The molecule has 3 aromatic carbocycles. The Morgan fingerprint density at radius 1 is 1.03 bits per heavy atom. The molecule has 1 aromatic heterocycles. The van der Waals surface area contributed by atoms with Gasteiger partial charge in [-0.05, 0) is 53.1 Å². The van der Waals surface area contributed by atoms with E-state index in [-0.39, 0.29) is 11.7 Å². The van der Waals surface area contributed by atoms with Gasteiger partial charge in [-0.1, -0.05) is 30.3 Å². The molecule has 0 radical (unpaired) electrons. The van der Waals surface area contributed by atoms with Gasteiger partial charge in [0.25, 0.3) is 5.56 Å². The molecule has 0 saturated heterocycles. The van der Waals surface area contributed by atoms with Gasteiger partial charge in [-0.2, -0.15) is 5.26 Å². The van der Waals surface area contributed by atoms with Gasteiger partial charge in [-0.15, -0.1) is 0 Å².